The summed E-state index contributed by atoms with van der Waals surface area (Å²) >= 11 is 1.56. The van der Waals surface area contributed by atoms with Crippen molar-refractivity contribution in [1.82, 2.24) is 4.98 Å². The van der Waals surface area contributed by atoms with Crippen molar-refractivity contribution in [2.24, 2.45) is 0 Å². The Morgan fingerprint density at radius 1 is 1.47 bits per heavy atom. The lowest BCUT2D eigenvalue weighted by atomic mass is 10.1. The molecule has 0 bridgehead atoms. The third-order valence-corrected chi connectivity index (χ3v) is 3.05. The lowest BCUT2D eigenvalue weighted by Gasteiger charge is -2.03. The monoisotopic (exact) mass is 220 g/mol. The van der Waals surface area contributed by atoms with E-state index in [1.807, 2.05) is 25.3 Å². The van der Waals surface area contributed by atoms with Crippen LogP contribution in [0.5, 0.6) is 0 Å². The molecule has 15 heavy (non-hydrogen) atoms. The average Bonchev–Trinajstić information content (AvgIpc) is 2.46. The van der Waals surface area contributed by atoms with E-state index in [4.69, 9.17) is 0 Å². The van der Waals surface area contributed by atoms with E-state index in [0.29, 0.717) is 0 Å². The van der Waals surface area contributed by atoms with Gasteiger partial charge in [-0.2, -0.15) is 0 Å². The fourth-order valence-electron chi connectivity index (χ4n) is 1.67. The molecule has 2 rings (SSSR count). The molecule has 3 nitrogen and oxygen atoms in total. The maximum Gasteiger partial charge on any atom is 0.221 e. The maximum atomic E-state index is 11.0. The molecule has 0 aliphatic rings. The number of hydrogen-bond donors (Lipinski definition) is 1. The fraction of sp³-hybridized carbons (Fsp3) is 0.273. The summed E-state index contributed by atoms with van der Waals surface area (Å²) < 4.78 is 0. The van der Waals surface area contributed by atoms with Gasteiger partial charge in [-0.05, 0) is 25.5 Å². The van der Waals surface area contributed by atoms with Crippen molar-refractivity contribution in [3.63, 3.8) is 0 Å². The van der Waals surface area contributed by atoms with Crippen molar-refractivity contribution in [3.05, 3.63) is 22.7 Å². The predicted molar refractivity (Wildman–Crippen MR) is 63.4 cm³/mol. The van der Waals surface area contributed by atoms with Gasteiger partial charge in [0.05, 0.1) is 5.69 Å². The highest BCUT2D eigenvalue weighted by atomic mass is 32.1. The maximum absolute atomic E-state index is 11.0. The van der Waals surface area contributed by atoms with Gasteiger partial charge in [-0.15, -0.1) is 11.3 Å². The first-order valence-corrected chi connectivity index (χ1v) is 5.59. The number of rotatable bonds is 1. The third kappa shape index (κ3) is 1.85. The molecule has 0 radical (unpaired) electrons. The SMILES string of the molecule is CC(=O)Nc1csc2nc(C)cc(C)c12. The van der Waals surface area contributed by atoms with E-state index in [-0.39, 0.29) is 5.91 Å². The molecule has 0 saturated heterocycles. The third-order valence-electron chi connectivity index (χ3n) is 2.18. The number of carbonyl (C=O) groups is 1. The number of aryl methyl sites for hydroxylation is 2. The number of amides is 1. The highest BCUT2D eigenvalue weighted by Gasteiger charge is 2.09. The van der Waals surface area contributed by atoms with Crippen LogP contribution in [0.2, 0.25) is 0 Å². The van der Waals surface area contributed by atoms with Gasteiger partial charge in [-0.1, -0.05) is 0 Å². The van der Waals surface area contributed by atoms with E-state index >= 15 is 0 Å². The lowest BCUT2D eigenvalue weighted by Crippen LogP contribution is -2.05. The molecule has 0 spiro atoms. The summed E-state index contributed by atoms with van der Waals surface area (Å²) in [5.41, 5.74) is 3.03. The molecule has 78 valence electrons. The van der Waals surface area contributed by atoms with Crippen LogP contribution in [0, 0.1) is 13.8 Å². The minimum atomic E-state index is -0.0466. The van der Waals surface area contributed by atoms with Crippen molar-refractivity contribution in [1.29, 1.82) is 0 Å². The predicted octanol–water partition coefficient (Wildman–Crippen LogP) is 2.87. The number of pyridine rings is 1. The summed E-state index contributed by atoms with van der Waals surface area (Å²) in [6, 6.07) is 2.03. The summed E-state index contributed by atoms with van der Waals surface area (Å²) in [7, 11) is 0. The van der Waals surface area contributed by atoms with E-state index in [0.717, 1.165) is 27.2 Å². The van der Waals surface area contributed by atoms with Crippen molar-refractivity contribution in [2.75, 3.05) is 5.32 Å². The van der Waals surface area contributed by atoms with Crippen LogP contribution >= 0.6 is 11.3 Å². The summed E-state index contributed by atoms with van der Waals surface area (Å²) in [6.45, 7) is 5.53. The molecule has 0 fully saturated rings. The molecule has 0 aliphatic heterocycles. The van der Waals surface area contributed by atoms with Gasteiger partial charge in [-0.25, -0.2) is 4.98 Å². The van der Waals surface area contributed by atoms with Gasteiger partial charge in [0.1, 0.15) is 4.83 Å². The van der Waals surface area contributed by atoms with Crippen LogP contribution in [-0.2, 0) is 4.79 Å². The fourth-order valence-corrected chi connectivity index (χ4v) is 2.66. The molecule has 2 aromatic heterocycles. The molecule has 0 aliphatic carbocycles. The van der Waals surface area contributed by atoms with Gasteiger partial charge in [0, 0.05) is 23.4 Å². The van der Waals surface area contributed by atoms with Gasteiger partial charge in [0.25, 0.3) is 0 Å². The first-order valence-electron chi connectivity index (χ1n) is 4.71. The van der Waals surface area contributed by atoms with E-state index in [9.17, 15) is 4.79 Å². The molecular formula is C11H12N2OS. The minimum absolute atomic E-state index is 0.0466. The largest absolute Gasteiger partial charge is 0.325 e. The number of aromatic nitrogens is 1. The second kappa shape index (κ2) is 3.62. The van der Waals surface area contributed by atoms with Crippen molar-refractivity contribution in [3.8, 4) is 0 Å². The molecule has 0 unspecified atom stereocenters. The van der Waals surface area contributed by atoms with Crippen LogP contribution in [0.3, 0.4) is 0 Å². The Labute approximate surface area is 92.1 Å². The molecule has 1 N–H and O–H groups in total. The summed E-state index contributed by atoms with van der Waals surface area (Å²) in [5, 5.41) is 5.81. The molecule has 0 aromatic carbocycles. The molecule has 1 amide bonds. The Morgan fingerprint density at radius 3 is 2.87 bits per heavy atom. The van der Waals surface area contributed by atoms with Crippen molar-refractivity contribution < 1.29 is 4.79 Å². The Morgan fingerprint density at radius 2 is 2.20 bits per heavy atom. The van der Waals surface area contributed by atoms with Crippen LogP contribution in [0.4, 0.5) is 5.69 Å². The number of fused-ring (bicyclic) bond motifs is 1. The Bertz CT molecular complexity index is 531. The number of anilines is 1. The van der Waals surface area contributed by atoms with E-state index in [1.165, 1.54) is 6.92 Å². The quantitative estimate of drug-likeness (QED) is 0.803. The topological polar surface area (TPSA) is 42.0 Å². The number of thiophene rings is 1. The number of nitrogens with zero attached hydrogens (tertiary/aromatic N) is 1. The molecule has 0 saturated carbocycles. The zero-order valence-corrected chi connectivity index (χ0v) is 9.73. The van der Waals surface area contributed by atoms with E-state index in [2.05, 4.69) is 10.3 Å². The van der Waals surface area contributed by atoms with Crippen LogP contribution in [0.25, 0.3) is 10.2 Å². The Kier molecular flexibility index (Phi) is 2.44. The Balaban J connectivity index is 2.63. The zero-order chi connectivity index (χ0) is 11.0. The molecule has 2 heterocycles. The van der Waals surface area contributed by atoms with Gasteiger partial charge in [0.2, 0.25) is 5.91 Å². The molecule has 2 aromatic rings. The highest BCUT2D eigenvalue weighted by Crippen LogP contribution is 2.31. The van der Waals surface area contributed by atoms with Crippen LogP contribution in [0.15, 0.2) is 11.4 Å². The zero-order valence-electron chi connectivity index (χ0n) is 8.92. The minimum Gasteiger partial charge on any atom is -0.325 e. The van der Waals surface area contributed by atoms with Crippen molar-refractivity contribution >= 4 is 33.1 Å². The van der Waals surface area contributed by atoms with Gasteiger partial charge >= 0.3 is 0 Å². The Hall–Kier alpha value is -1.42. The van der Waals surface area contributed by atoms with Crippen LogP contribution in [-0.4, -0.2) is 10.9 Å². The summed E-state index contributed by atoms with van der Waals surface area (Å²) in [5.74, 6) is -0.0466. The summed E-state index contributed by atoms with van der Waals surface area (Å²) in [4.78, 5) is 16.4. The van der Waals surface area contributed by atoms with Crippen LogP contribution in [0.1, 0.15) is 18.2 Å². The van der Waals surface area contributed by atoms with Gasteiger partial charge in [-0.3, -0.25) is 4.79 Å². The second-order valence-electron chi connectivity index (χ2n) is 3.59. The van der Waals surface area contributed by atoms with Gasteiger partial charge in [0.15, 0.2) is 0 Å². The average molecular weight is 220 g/mol. The van der Waals surface area contributed by atoms with Gasteiger partial charge < -0.3 is 5.32 Å². The second-order valence-corrected chi connectivity index (χ2v) is 4.45. The van der Waals surface area contributed by atoms with E-state index < -0.39 is 0 Å². The number of hydrogen-bond acceptors (Lipinski definition) is 3. The smallest absolute Gasteiger partial charge is 0.221 e. The normalized spacial score (nSPS) is 10.6. The number of carbonyl (C=O) groups excluding carboxylic acids is 1. The van der Waals surface area contributed by atoms with E-state index in [1.54, 1.807) is 11.3 Å². The number of nitrogens with one attached hydrogen (secondary N) is 1. The summed E-state index contributed by atoms with van der Waals surface area (Å²) in [6.07, 6.45) is 0. The first kappa shape index (κ1) is 10.1. The molecular weight excluding hydrogens is 208 g/mol. The first-order chi connectivity index (χ1) is 7.08. The highest BCUT2D eigenvalue weighted by molar-refractivity contribution is 7.17. The lowest BCUT2D eigenvalue weighted by molar-refractivity contribution is -0.114. The molecule has 4 heteroatoms. The standard InChI is InChI=1S/C11H12N2OS/c1-6-4-7(2)12-11-10(6)9(5-15-11)13-8(3)14/h4-5H,1-3H3,(H,13,14). The van der Waals surface area contributed by atoms with Crippen LogP contribution < -0.4 is 5.32 Å². The van der Waals surface area contributed by atoms with Crippen molar-refractivity contribution in [2.45, 2.75) is 20.8 Å². The molecule has 0 atom stereocenters.